The zero-order chi connectivity index (χ0) is 13.3. The topological polar surface area (TPSA) is 48.0 Å². The molecule has 0 aliphatic heterocycles. The Balaban J connectivity index is 2.59. The van der Waals surface area contributed by atoms with Gasteiger partial charge < -0.3 is 10.3 Å². The van der Waals surface area contributed by atoms with Crippen LogP contribution in [0.5, 0.6) is 0 Å². The average molecular weight is 242 g/mol. The second-order valence-corrected chi connectivity index (χ2v) is 4.63. The molecular formula is C15H18N2O. The van der Waals surface area contributed by atoms with E-state index in [1.54, 1.807) is 11.6 Å². The molecule has 0 spiro atoms. The van der Waals surface area contributed by atoms with Crippen molar-refractivity contribution in [3.8, 4) is 0 Å². The molecule has 1 aromatic carbocycles. The average Bonchev–Trinajstić information content (AvgIpc) is 2.37. The number of pyridine rings is 1. The highest BCUT2D eigenvalue weighted by Gasteiger charge is 2.16. The van der Waals surface area contributed by atoms with E-state index in [9.17, 15) is 4.79 Å². The predicted octanol–water partition coefficient (Wildman–Crippen LogP) is 2.05. The van der Waals surface area contributed by atoms with Crippen LogP contribution in [-0.2, 0) is 7.05 Å². The number of rotatable bonds is 2. The highest BCUT2D eigenvalue weighted by molar-refractivity contribution is 5.36. The van der Waals surface area contributed by atoms with Gasteiger partial charge in [-0.15, -0.1) is 0 Å². The summed E-state index contributed by atoms with van der Waals surface area (Å²) in [5, 5.41) is 0. The molecule has 0 aliphatic carbocycles. The summed E-state index contributed by atoms with van der Waals surface area (Å²) < 4.78 is 1.64. The summed E-state index contributed by atoms with van der Waals surface area (Å²) in [6.45, 7) is 3.86. The second kappa shape index (κ2) is 4.78. The third-order valence-corrected chi connectivity index (χ3v) is 3.38. The molecule has 94 valence electrons. The van der Waals surface area contributed by atoms with Crippen molar-refractivity contribution in [3.63, 3.8) is 0 Å². The molecule has 0 aliphatic rings. The molecule has 1 aromatic heterocycles. The summed E-state index contributed by atoms with van der Waals surface area (Å²) in [6, 6.07) is 11.3. The van der Waals surface area contributed by atoms with Crippen LogP contribution in [0.3, 0.4) is 0 Å². The number of benzene rings is 1. The van der Waals surface area contributed by atoms with Crippen LogP contribution in [0.2, 0.25) is 0 Å². The molecule has 1 heterocycles. The van der Waals surface area contributed by atoms with E-state index in [0.717, 1.165) is 16.8 Å². The third kappa shape index (κ3) is 2.09. The largest absolute Gasteiger partial charge is 0.320 e. The lowest BCUT2D eigenvalue weighted by Gasteiger charge is -2.17. The Hall–Kier alpha value is -1.87. The molecule has 0 bridgehead atoms. The van der Waals surface area contributed by atoms with Gasteiger partial charge in [-0.1, -0.05) is 30.3 Å². The van der Waals surface area contributed by atoms with Crippen molar-refractivity contribution in [2.45, 2.75) is 19.9 Å². The van der Waals surface area contributed by atoms with Crippen LogP contribution in [0.4, 0.5) is 0 Å². The van der Waals surface area contributed by atoms with Crippen LogP contribution in [0.25, 0.3) is 0 Å². The van der Waals surface area contributed by atoms with Crippen molar-refractivity contribution in [3.05, 3.63) is 69.1 Å². The Kier molecular flexibility index (Phi) is 3.34. The molecule has 3 nitrogen and oxygen atoms in total. The lowest BCUT2D eigenvalue weighted by Crippen LogP contribution is -2.29. The van der Waals surface area contributed by atoms with Crippen molar-refractivity contribution in [2.75, 3.05) is 0 Å². The van der Waals surface area contributed by atoms with Crippen LogP contribution >= 0.6 is 0 Å². The van der Waals surface area contributed by atoms with Gasteiger partial charge in [0, 0.05) is 18.3 Å². The first kappa shape index (κ1) is 12.6. The molecular weight excluding hydrogens is 224 g/mol. The van der Waals surface area contributed by atoms with Crippen LogP contribution in [0, 0.1) is 13.8 Å². The molecule has 0 saturated heterocycles. The summed E-state index contributed by atoms with van der Waals surface area (Å²) >= 11 is 0. The van der Waals surface area contributed by atoms with E-state index in [-0.39, 0.29) is 11.6 Å². The van der Waals surface area contributed by atoms with Crippen LogP contribution in [0.15, 0.2) is 41.2 Å². The molecule has 0 fully saturated rings. The number of hydrogen-bond acceptors (Lipinski definition) is 2. The minimum atomic E-state index is -0.370. The first-order chi connectivity index (χ1) is 8.52. The van der Waals surface area contributed by atoms with Crippen molar-refractivity contribution < 1.29 is 0 Å². The Bertz CT molecular complexity index is 614. The van der Waals surface area contributed by atoms with Crippen molar-refractivity contribution in [1.82, 2.24) is 4.57 Å². The van der Waals surface area contributed by atoms with E-state index in [0.29, 0.717) is 5.56 Å². The van der Waals surface area contributed by atoms with Gasteiger partial charge in [0.15, 0.2) is 0 Å². The van der Waals surface area contributed by atoms with Crippen LogP contribution in [-0.4, -0.2) is 4.57 Å². The summed E-state index contributed by atoms with van der Waals surface area (Å²) in [6.07, 6.45) is 0. The summed E-state index contributed by atoms with van der Waals surface area (Å²) in [4.78, 5) is 12.3. The summed E-state index contributed by atoms with van der Waals surface area (Å²) in [5.41, 5.74) is 9.75. The monoisotopic (exact) mass is 242 g/mol. The minimum Gasteiger partial charge on any atom is -0.320 e. The van der Waals surface area contributed by atoms with Gasteiger partial charge in [0.05, 0.1) is 6.04 Å². The van der Waals surface area contributed by atoms with Gasteiger partial charge in [-0.3, -0.25) is 4.79 Å². The standard InChI is InChI=1S/C15H18N2O/c1-10-9-11(2)17(3)15(18)13(10)14(16)12-7-5-4-6-8-12/h4-9,14H,16H2,1-3H3. The molecule has 0 amide bonds. The lowest BCUT2D eigenvalue weighted by molar-refractivity contribution is 0.754. The fourth-order valence-electron chi connectivity index (χ4n) is 2.20. The first-order valence-electron chi connectivity index (χ1n) is 6.00. The SMILES string of the molecule is Cc1cc(C)n(C)c(=O)c1C(N)c1ccccc1. The number of aromatic nitrogens is 1. The van der Waals surface area contributed by atoms with Gasteiger partial charge >= 0.3 is 0 Å². The van der Waals surface area contributed by atoms with Crippen molar-refractivity contribution in [2.24, 2.45) is 12.8 Å². The molecule has 18 heavy (non-hydrogen) atoms. The highest BCUT2D eigenvalue weighted by Crippen LogP contribution is 2.19. The Morgan fingerprint density at radius 1 is 1.17 bits per heavy atom. The highest BCUT2D eigenvalue weighted by atomic mass is 16.1. The Morgan fingerprint density at radius 3 is 2.39 bits per heavy atom. The van der Waals surface area contributed by atoms with Crippen molar-refractivity contribution in [1.29, 1.82) is 0 Å². The first-order valence-corrected chi connectivity index (χ1v) is 6.00. The smallest absolute Gasteiger partial charge is 0.255 e. The molecule has 3 heteroatoms. The summed E-state index contributed by atoms with van der Waals surface area (Å²) in [5.74, 6) is 0. The van der Waals surface area contributed by atoms with Gasteiger partial charge in [-0.05, 0) is 31.0 Å². The molecule has 2 N–H and O–H groups in total. The molecule has 1 atom stereocenters. The van der Waals surface area contributed by atoms with Gasteiger partial charge in [-0.25, -0.2) is 0 Å². The van der Waals surface area contributed by atoms with Gasteiger partial charge in [-0.2, -0.15) is 0 Å². The fourth-order valence-corrected chi connectivity index (χ4v) is 2.20. The van der Waals surface area contributed by atoms with E-state index in [1.165, 1.54) is 0 Å². The number of aryl methyl sites for hydroxylation is 2. The van der Waals surface area contributed by atoms with Crippen LogP contribution < -0.4 is 11.3 Å². The van der Waals surface area contributed by atoms with Gasteiger partial charge in [0.1, 0.15) is 0 Å². The van der Waals surface area contributed by atoms with Crippen LogP contribution in [0.1, 0.15) is 28.4 Å². The van der Waals surface area contributed by atoms with E-state index < -0.39 is 0 Å². The maximum Gasteiger partial charge on any atom is 0.255 e. The number of nitrogens with two attached hydrogens (primary N) is 1. The number of nitrogens with zero attached hydrogens (tertiary/aromatic N) is 1. The normalized spacial score (nSPS) is 12.4. The Labute approximate surface area is 107 Å². The molecule has 0 radical (unpaired) electrons. The van der Waals surface area contributed by atoms with Gasteiger partial charge in [0.25, 0.3) is 5.56 Å². The molecule has 0 saturated carbocycles. The third-order valence-electron chi connectivity index (χ3n) is 3.38. The van der Waals surface area contributed by atoms with E-state index in [1.807, 2.05) is 50.2 Å². The molecule has 2 rings (SSSR count). The van der Waals surface area contributed by atoms with E-state index >= 15 is 0 Å². The maximum absolute atomic E-state index is 12.3. The second-order valence-electron chi connectivity index (χ2n) is 4.63. The lowest BCUT2D eigenvalue weighted by atomic mass is 9.96. The van der Waals surface area contributed by atoms with Gasteiger partial charge in [0.2, 0.25) is 0 Å². The zero-order valence-corrected chi connectivity index (χ0v) is 11.0. The number of hydrogen-bond donors (Lipinski definition) is 1. The Morgan fingerprint density at radius 2 is 1.78 bits per heavy atom. The van der Waals surface area contributed by atoms with Crippen molar-refractivity contribution >= 4 is 0 Å². The quantitative estimate of drug-likeness (QED) is 0.876. The molecule has 2 aromatic rings. The van der Waals surface area contributed by atoms with E-state index in [2.05, 4.69) is 0 Å². The zero-order valence-electron chi connectivity index (χ0n) is 11.0. The minimum absolute atomic E-state index is 0.0103. The maximum atomic E-state index is 12.3. The predicted molar refractivity (Wildman–Crippen MR) is 73.6 cm³/mol. The van der Waals surface area contributed by atoms with E-state index in [4.69, 9.17) is 5.73 Å². The summed E-state index contributed by atoms with van der Waals surface area (Å²) in [7, 11) is 1.78. The molecule has 1 unspecified atom stereocenters. The fraction of sp³-hybridized carbons (Fsp3) is 0.267.